The topological polar surface area (TPSA) is 93.5 Å². The monoisotopic (exact) mass is 468 g/mol. The van der Waals surface area contributed by atoms with Crippen molar-refractivity contribution in [1.82, 2.24) is 19.4 Å². The summed E-state index contributed by atoms with van der Waals surface area (Å²) >= 11 is 0. The Hall–Kier alpha value is -3.17. The van der Waals surface area contributed by atoms with Crippen LogP contribution >= 0.6 is 0 Å². The van der Waals surface area contributed by atoms with E-state index in [1.54, 1.807) is 19.1 Å². The van der Waals surface area contributed by atoms with Gasteiger partial charge in [-0.05, 0) is 49.9 Å². The highest BCUT2D eigenvalue weighted by molar-refractivity contribution is 7.89. The molecule has 0 atom stereocenters. The van der Waals surface area contributed by atoms with Crippen molar-refractivity contribution in [3.8, 4) is 17.0 Å². The lowest BCUT2D eigenvalue weighted by Gasteiger charge is -2.44. The first-order chi connectivity index (χ1) is 15.7. The molecule has 0 aliphatic carbocycles. The van der Waals surface area contributed by atoms with E-state index in [2.05, 4.69) is 4.72 Å². The molecule has 9 heteroatoms. The maximum Gasteiger partial charge on any atom is 0.253 e. The maximum absolute atomic E-state index is 13.2. The largest absolute Gasteiger partial charge is 0.482 e. The van der Waals surface area contributed by atoms with Gasteiger partial charge in [-0.25, -0.2) is 13.1 Å². The van der Waals surface area contributed by atoms with Crippen LogP contribution in [0.3, 0.4) is 0 Å². The van der Waals surface area contributed by atoms with Crippen LogP contribution < -0.4 is 9.46 Å². The molecule has 2 aliphatic rings. The number of nitrogens with one attached hydrogen (secondary N) is 1. The highest BCUT2D eigenvalue weighted by Crippen LogP contribution is 2.48. The van der Waals surface area contributed by atoms with Crippen LogP contribution in [0.25, 0.3) is 11.3 Å². The Labute approximate surface area is 194 Å². The minimum Gasteiger partial charge on any atom is -0.482 e. The van der Waals surface area contributed by atoms with Crippen molar-refractivity contribution < 1.29 is 19.4 Å². The van der Waals surface area contributed by atoms with Crippen LogP contribution in [0.15, 0.2) is 53.6 Å². The van der Waals surface area contributed by atoms with Crippen molar-refractivity contribution in [2.45, 2.75) is 30.3 Å². The number of amides is 1. The second kappa shape index (κ2) is 7.71. The SMILES string of the molecule is CNS(=O)(=O)c1ccc(C(=O)N2CCC3(CC2)Oc2ccccc2-c2nn(C)cc23)cc1C.[HH]. The first-order valence-electron chi connectivity index (χ1n) is 10.9. The zero-order valence-corrected chi connectivity index (χ0v) is 19.6. The molecular weight excluding hydrogens is 440 g/mol. The molecule has 1 aromatic heterocycles. The van der Waals surface area contributed by atoms with Crippen LogP contribution in [0.2, 0.25) is 0 Å². The van der Waals surface area contributed by atoms with Crippen molar-refractivity contribution in [2.75, 3.05) is 20.1 Å². The van der Waals surface area contributed by atoms with Gasteiger partial charge in [-0.15, -0.1) is 0 Å². The number of rotatable bonds is 3. The normalized spacial score (nSPS) is 16.8. The fraction of sp³-hybridized carbons (Fsp3) is 0.333. The zero-order valence-electron chi connectivity index (χ0n) is 18.8. The standard InChI is InChI=1S/C24H26N4O4S.H2/c1-16-14-17(8-9-21(16)33(30,31)25-2)23(29)28-12-10-24(11-13-28)19-15-27(3)26-22(19)18-6-4-5-7-20(18)32-24;/h4-9,14-15,25H,10-13H2,1-3H3;1H. The molecule has 0 bridgehead atoms. The number of para-hydroxylation sites is 1. The lowest BCUT2D eigenvalue weighted by molar-refractivity contribution is -0.00167. The number of piperidine rings is 1. The predicted molar refractivity (Wildman–Crippen MR) is 126 cm³/mol. The van der Waals surface area contributed by atoms with Gasteiger partial charge < -0.3 is 9.64 Å². The highest BCUT2D eigenvalue weighted by Gasteiger charge is 2.45. The summed E-state index contributed by atoms with van der Waals surface area (Å²) < 4.78 is 35.0. The van der Waals surface area contributed by atoms with E-state index >= 15 is 0 Å². The molecule has 1 amide bonds. The molecule has 2 aliphatic heterocycles. The third kappa shape index (κ3) is 3.52. The van der Waals surface area contributed by atoms with E-state index in [4.69, 9.17) is 9.84 Å². The minimum absolute atomic E-state index is 0. The molecule has 1 fully saturated rings. The Morgan fingerprint density at radius 2 is 1.91 bits per heavy atom. The van der Waals surface area contributed by atoms with Gasteiger partial charge in [-0.1, -0.05) is 12.1 Å². The van der Waals surface area contributed by atoms with Crippen molar-refractivity contribution in [3.63, 3.8) is 0 Å². The zero-order chi connectivity index (χ0) is 23.4. The molecular formula is C24H28N4O4S. The third-order valence-corrected chi connectivity index (χ3v) is 8.18. The number of nitrogens with zero attached hydrogens (tertiary/aromatic N) is 3. The first-order valence-corrected chi connectivity index (χ1v) is 12.4. The van der Waals surface area contributed by atoms with Gasteiger partial charge in [0, 0.05) is 57.3 Å². The number of aromatic nitrogens is 2. The summed E-state index contributed by atoms with van der Waals surface area (Å²) in [6.45, 7) is 2.76. The summed E-state index contributed by atoms with van der Waals surface area (Å²) in [7, 11) is -0.283. The van der Waals surface area contributed by atoms with Gasteiger partial charge in [0.25, 0.3) is 5.91 Å². The molecule has 3 aromatic rings. The van der Waals surface area contributed by atoms with E-state index in [1.807, 2.05) is 47.1 Å². The summed E-state index contributed by atoms with van der Waals surface area (Å²) in [6.07, 6.45) is 3.32. The maximum atomic E-state index is 13.2. The van der Waals surface area contributed by atoms with E-state index in [0.29, 0.717) is 37.1 Å². The third-order valence-electron chi connectivity index (χ3n) is 6.61. The molecule has 1 spiro atoms. The van der Waals surface area contributed by atoms with E-state index in [1.165, 1.54) is 13.1 Å². The van der Waals surface area contributed by atoms with Gasteiger partial charge >= 0.3 is 0 Å². The van der Waals surface area contributed by atoms with Crippen molar-refractivity contribution in [2.24, 2.45) is 7.05 Å². The molecule has 0 saturated carbocycles. The van der Waals surface area contributed by atoms with Gasteiger partial charge in [0.15, 0.2) is 0 Å². The molecule has 1 N–H and O–H groups in total. The fourth-order valence-corrected chi connectivity index (χ4v) is 5.81. The predicted octanol–water partition coefficient (Wildman–Crippen LogP) is 3.07. The number of sulfonamides is 1. The molecule has 0 unspecified atom stereocenters. The molecule has 0 radical (unpaired) electrons. The minimum atomic E-state index is -3.57. The molecule has 5 rings (SSSR count). The number of likely N-dealkylation sites (tertiary alicyclic amines) is 1. The van der Waals surface area contributed by atoms with Gasteiger partial charge in [-0.3, -0.25) is 9.48 Å². The van der Waals surface area contributed by atoms with Crippen LogP contribution in [0.1, 0.15) is 35.8 Å². The molecule has 3 heterocycles. The van der Waals surface area contributed by atoms with E-state index in [-0.39, 0.29) is 12.2 Å². The van der Waals surface area contributed by atoms with Gasteiger partial charge in [-0.2, -0.15) is 5.10 Å². The molecule has 1 saturated heterocycles. The van der Waals surface area contributed by atoms with E-state index in [0.717, 1.165) is 22.6 Å². The number of hydrogen-bond acceptors (Lipinski definition) is 5. The lowest BCUT2D eigenvalue weighted by Crippen LogP contribution is -2.49. The fourth-order valence-electron chi connectivity index (χ4n) is 4.86. The summed E-state index contributed by atoms with van der Waals surface area (Å²) in [5.74, 6) is 0.712. The smallest absolute Gasteiger partial charge is 0.253 e. The summed E-state index contributed by atoms with van der Waals surface area (Å²) in [4.78, 5) is 15.2. The van der Waals surface area contributed by atoms with Crippen LogP contribution in [0, 0.1) is 6.92 Å². The Balaban J connectivity index is 0.00000274. The Bertz CT molecular complexity index is 1360. The van der Waals surface area contributed by atoms with Crippen molar-refractivity contribution in [1.29, 1.82) is 0 Å². The van der Waals surface area contributed by atoms with Crippen LogP contribution in [0.4, 0.5) is 0 Å². The van der Waals surface area contributed by atoms with Crippen LogP contribution in [0.5, 0.6) is 5.75 Å². The lowest BCUT2D eigenvalue weighted by atomic mass is 9.81. The summed E-state index contributed by atoms with van der Waals surface area (Å²) in [5.41, 5.74) is 3.50. The number of carbonyl (C=O) groups excluding carboxylic acids is 1. The second-order valence-corrected chi connectivity index (χ2v) is 10.5. The van der Waals surface area contributed by atoms with Crippen LogP contribution in [-0.4, -0.2) is 49.1 Å². The Morgan fingerprint density at radius 3 is 2.61 bits per heavy atom. The number of hydrogen-bond donors (Lipinski definition) is 1. The quantitative estimate of drug-likeness (QED) is 0.638. The first kappa shape index (κ1) is 21.7. The number of fused-ring (bicyclic) bond motifs is 4. The summed E-state index contributed by atoms with van der Waals surface area (Å²) in [6, 6.07) is 12.6. The van der Waals surface area contributed by atoms with E-state index < -0.39 is 15.6 Å². The van der Waals surface area contributed by atoms with Gasteiger partial charge in [0.1, 0.15) is 17.0 Å². The number of carbonyl (C=O) groups is 1. The highest BCUT2D eigenvalue weighted by atomic mass is 32.2. The van der Waals surface area contributed by atoms with Gasteiger partial charge in [0.05, 0.1) is 4.90 Å². The average Bonchev–Trinajstić information content (AvgIpc) is 3.22. The average molecular weight is 469 g/mol. The molecule has 174 valence electrons. The van der Waals surface area contributed by atoms with Crippen molar-refractivity contribution >= 4 is 15.9 Å². The number of aryl methyl sites for hydroxylation is 2. The molecule has 2 aromatic carbocycles. The number of benzene rings is 2. The molecule has 33 heavy (non-hydrogen) atoms. The van der Waals surface area contributed by atoms with Crippen LogP contribution in [-0.2, 0) is 22.7 Å². The second-order valence-electron chi connectivity index (χ2n) is 8.64. The van der Waals surface area contributed by atoms with E-state index in [9.17, 15) is 13.2 Å². The number of ether oxygens (including phenoxy) is 1. The van der Waals surface area contributed by atoms with Gasteiger partial charge in [0.2, 0.25) is 10.0 Å². The molecule has 8 nitrogen and oxygen atoms in total. The Morgan fingerprint density at radius 1 is 1.18 bits per heavy atom. The Kier molecular flexibility index (Phi) is 5.06. The van der Waals surface area contributed by atoms with Crippen molar-refractivity contribution in [3.05, 3.63) is 65.4 Å². The summed E-state index contributed by atoms with van der Waals surface area (Å²) in [5, 5.41) is 4.69.